The summed E-state index contributed by atoms with van der Waals surface area (Å²) in [6, 6.07) is 23.8. The molecule has 2 heterocycles. The van der Waals surface area contributed by atoms with E-state index in [1.165, 1.54) is 22.8 Å². The minimum absolute atomic E-state index is 0.231. The maximum Gasteiger partial charge on any atom is 0.206 e. The molecule has 0 atom stereocenters. The first-order valence-electron chi connectivity index (χ1n) is 9.51. The number of halogens is 1. The van der Waals surface area contributed by atoms with Gasteiger partial charge in [0.05, 0.1) is 5.69 Å². The Balaban J connectivity index is 1.49. The molecule has 0 radical (unpaired) electrons. The summed E-state index contributed by atoms with van der Waals surface area (Å²) in [6.45, 7) is 0. The molecule has 2 N–H and O–H groups in total. The lowest BCUT2D eigenvalue weighted by Gasteiger charge is -2.05. The van der Waals surface area contributed by atoms with Crippen LogP contribution in [0, 0.1) is 5.82 Å². The summed E-state index contributed by atoms with van der Waals surface area (Å²) in [5.74, 6) is -0.163. The second-order valence-corrected chi connectivity index (χ2v) is 7.19. The van der Waals surface area contributed by atoms with E-state index in [1.54, 1.807) is 10.5 Å². The molecule has 29 heavy (non-hydrogen) atoms. The number of anilines is 1. The zero-order valence-electron chi connectivity index (χ0n) is 15.7. The number of para-hydroxylation sites is 1. The van der Waals surface area contributed by atoms with E-state index in [2.05, 4.69) is 53.5 Å². The van der Waals surface area contributed by atoms with E-state index >= 15 is 0 Å². The van der Waals surface area contributed by atoms with Gasteiger partial charge in [-0.1, -0.05) is 60.7 Å². The molecule has 5 rings (SSSR count). The SMILES string of the molecule is Nc1nc2c(F)cccc2c2nc(Cc3cccc(Cc4ccccc4)c3)cn12. The zero-order chi connectivity index (χ0) is 19.8. The Morgan fingerprint density at radius 1 is 0.793 bits per heavy atom. The molecular formula is C24H19FN4. The molecule has 0 aliphatic carbocycles. The summed E-state index contributed by atoms with van der Waals surface area (Å²) < 4.78 is 15.8. The van der Waals surface area contributed by atoms with Gasteiger partial charge >= 0.3 is 0 Å². The van der Waals surface area contributed by atoms with E-state index in [0.717, 1.165) is 12.1 Å². The van der Waals surface area contributed by atoms with Crippen molar-refractivity contribution < 1.29 is 4.39 Å². The van der Waals surface area contributed by atoms with Crippen molar-refractivity contribution in [1.82, 2.24) is 14.4 Å². The summed E-state index contributed by atoms with van der Waals surface area (Å²) in [5.41, 5.74) is 11.5. The summed E-state index contributed by atoms with van der Waals surface area (Å²) in [4.78, 5) is 8.94. The minimum Gasteiger partial charge on any atom is -0.369 e. The quantitative estimate of drug-likeness (QED) is 0.486. The molecule has 2 aromatic heterocycles. The van der Waals surface area contributed by atoms with Crippen molar-refractivity contribution >= 4 is 22.5 Å². The van der Waals surface area contributed by atoms with Crippen molar-refractivity contribution in [2.75, 3.05) is 5.73 Å². The van der Waals surface area contributed by atoms with Crippen LogP contribution in [0.1, 0.15) is 22.4 Å². The van der Waals surface area contributed by atoms with E-state index < -0.39 is 5.82 Å². The predicted molar refractivity (Wildman–Crippen MR) is 113 cm³/mol. The smallest absolute Gasteiger partial charge is 0.206 e. The van der Waals surface area contributed by atoms with Gasteiger partial charge in [-0.3, -0.25) is 4.40 Å². The monoisotopic (exact) mass is 382 g/mol. The lowest BCUT2D eigenvalue weighted by atomic mass is 10.0. The molecule has 0 bridgehead atoms. The number of hydrogen-bond donors (Lipinski definition) is 1. The van der Waals surface area contributed by atoms with Gasteiger partial charge in [0, 0.05) is 18.0 Å². The van der Waals surface area contributed by atoms with Crippen molar-refractivity contribution in [2.45, 2.75) is 12.8 Å². The van der Waals surface area contributed by atoms with E-state index in [9.17, 15) is 4.39 Å². The van der Waals surface area contributed by atoms with Gasteiger partial charge in [0.15, 0.2) is 0 Å². The molecule has 142 valence electrons. The molecule has 0 saturated carbocycles. The number of aromatic nitrogens is 3. The second kappa shape index (κ2) is 7.02. The lowest BCUT2D eigenvalue weighted by molar-refractivity contribution is 0.636. The minimum atomic E-state index is -0.394. The Kier molecular flexibility index (Phi) is 4.21. The molecule has 3 aromatic carbocycles. The van der Waals surface area contributed by atoms with Crippen molar-refractivity contribution in [1.29, 1.82) is 0 Å². The van der Waals surface area contributed by atoms with Crippen molar-refractivity contribution in [2.24, 2.45) is 0 Å². The van der Waals surface area contributed by atoms with Gasteiger partial charge in [0.1, 0.15) is 17.0 Å². The van der Waals surface area contributed by atoms with Crippen molar-refractivity contribution in [3.63, 3.8) is 0 Å². The van der Waals surface area contributed by atoms with Crippen LogP contribution in [-0.2, 0) is 12.8 Å². The highest BCUT2D eigenvalue weighted by molar-refractivity contribution is 5.92. The number of nitrogen functional groups attached to an aromatic ring is 1. The van der Waals surface area contributed by atoms with Gasteiger partial charge in [0.2, 0.25) is 5.95 Å². The normalized spacial score (nSPS) is 11.3. The Morgan fingerprint density at radius 2 is 1.52 bits per heavy atom. The summed E-state index contributed by atoms with van der Waals surface area (Å²) in [6.07, 6.45) is 3.44. The van der Waals surface area contributed by atoms with Crippen LogP contribution < -0.4 is 5.73 Å². The van der Waals surface area contributed by atoms with Crippen LogP contribution in [0.15, 0.2) is 79.0 Å². The number of nitrogens with two attached hydrogens (primary N) is 1. The van der Waals surface area contributed by atoms with Crippen LogP contribution in [-0.4, -0.2) is 14.4 Å². The fourth-order valence-electron chi connectivity index (χ4n) is 3.75. The van der Waals surface area contributed by atoms with Crippen LogP contribution in [0.25, 0.3) is 16.6 Å². The zero-order valence-corrected chi connectivity index (χ0v) is 15.7. The third kappa shape index (κ3) is 3.31. The largest absolute Gasteiger partial charge is 0.369 e. The van der Waals surface area contributed by atoms with Gasteiger partial charge in [-0.05, 0) is 35.2 Å². The fourth-order valence-corrected chi connectivity index (χ4v) is 3.75. The second-order valence-electron chi connectivity index (χ2n) is 7.19. The van der Waals surface area contributed by atoms with Gasteiger partial charge in [0.25, 0.3) is 0 Å². The van der Waals surface area contributed by atoms with Crippen LogP contribution in [0.2, 0.25) is 0 Å². The third-order valence-corrected chi connectivity index (χ3v) is 5.08. The molecular weight excluding hydrogens is 363 g/mol. The highest BCUT2D eigenvalue weighted by Gasteiger charge is 2.13. The number of benzene rings is 3. The molecule has 0 spiro atoms. The van der Waals surface area contributed by atoms with Crippen LogP contribution in [0.3, 0.4) is 0 Å². The summed E-state index contributed by atoms with van der Waals surface area (Å²) in [5, 5.41) is 0.656. The summed E-state index contributed by atoms with van der Waals surface area (Å²) >= 11 is 0. The highest BCUT2D eigenvalue weighted by atomic mass is 19.1. The molecule has 0 saturated heterocycles. The molecule has 0 fully saturated rings. The van der Waals surface area contributed by atoms with E-state index in [-0.39, 0.29) is 11.5 Å². The van der Waals surface area contributed by atoms with Gasteiger partial charge in [-0.25, -0.2) is 14.4 Å². The summed E-state index contributed by atoms with van der Waals surface area (Å²) in [7, 11) is 0. The van der Waals surface area contributed by atoms with Crippen LogP contribution in [0.4, 0.5) is 10.3 Å². The average Bonchev–Trinajstić information content (AvgIpc) is 3.15. The number of imidazole rings is 1. The van der Waals surface area contributed by atoms with Crippen molar-refractivity contribution in [3.05, 3.63) is 107 Å². The third-order valence-electron chi connectivity index (χ3n) is 5.08. The van der Waals surface area contributed by atoms with Crippen LogP contribution in [0.5, 0.6) is 0 Å². The molecule has 0 amide bonds. The van der Waals surface area contributed by atoms with E-state index in [4.69, 9.17) is 10.7 Å². The maximum atomic E-state index is 14.1. The Labute approximate surface area is 167 Å². The lowest BCUT2D eigenvalue weighted by Crippen LogP contribution is -2.01. The molecule has 0 unspecified atom stereocenters. The van der Waals surface area contributed by atoms with E-state index in [1.807, 2.05) is 18.3 Å². The topological polar surface area (TPSA) is 56.2 Å². The molecule has 5 aromatic rings. The fraction of sp³-hybridized carbons (Fsp3) is 0.0833. The highest BCUT2D eigenvalue weighted by Crippen LogP contribution is 2.24. The first kappa shape index (κ1) is 17.4. The molecule has 0 aliphatic rings. The number of nitrogens with zero attached hydrogens (tertiary/aromatic N) is 3. The maximum absolute atomic E-state index is 14.1. The first-order chi connectivity index (χ1) is 14.2. The predicted octanol–water partition coefficient (Wildman–Crippen LogP) is 4.79. The number of rotatable bonds is 4. The Hall–Kier alpha value is -3.73. The standard InChI is InChI=1S/C24H19FN4/c25-21-11-5-10-20-22(21)28-24(26)29-15-19(27-23(20)29)14-18-9-4-8-17(13-18)12-16-6-2-1-3-7-16/h1-11,13,15H,12,14H2,(H2,26,28). The van der Waals surface area contributed by atoms with Gasteiger partial charge in [-0.15, -0.1) is 0 Å². The number of fused-ring (bicyclic) bond motifs is 3. The molecule has 5 heteroatoms. The average molecular weight is 382 g/mol. The van der Waals surface area contributed by atoms with Gasteiger partial charge < -0.3 is 5.73 Å². The first-order valence-corrected chi connectivity index (χ1v) is 9.51. The Bertz CT molecular complexity index is 1330. The molecule has 0 aliphatic heterocycles. The number of hydrogen-bond acceptors (Lipinski definition) is 3. The molecule has 4 nitrogen and oxygen atoms in total. The van der Waals surface area contributed by atoms with E-state index in [0.29, 0.717) is 17.5 Å². The van der Waals surface area contributed by atoms with Crippen LogP contribution >= 0.6 is 0 Å². The van der Waals surface area contributed by atoms with Crippen molar-refractivity contribution in [3.8, 4) is 0 Å². The van der Waals surface area contributed by atoms with Gasteiger partial charge in [-0.2, -0.15) is 0 Å². The Morgan fingerprint density at radius 3 is 2.34 bits per heavy atom.